The van der Waals surface area contributed by atoms with Gasteiger partial charge in [0.2, 0.25) is 0 Å². The SMILES string of the molecule is C=C(CN1CCC(COC)C1)C(=O)O. The Morgan fingerprint density at radius 3 is 3.00 bits per heavy atom. The molecule has 1 aliphatic heterocycles. The molecule has 0 saturated carbocycles. The van der Waals surface area contributed by atoms with Crippen molar-refractivity contribution in [3.8, 4) is 0 Å². The van der Waals surface area contributed by atoms with Crippen LogP contribution in [0.15, 0.2) is 12.2 Å². The van der Waals surface area contributed by atoms with Crippen molar-refractivity contribution in [3.63, 3.8) is 0 Å². The van der Waals surface area contributed by atoms with Gasteiger partial charge in [-0.15, -0.1) is 0 Å². The molecule has 0 radical (unpaired) electrons. The van der Waals surface area contributed by atoms with Crippen LogP contribution < -0.4 is 0 Å². The molecule has 1 aliphatic rings. The summed E-state index contributed by atoms with van der Waals surface area (Å²) in [4.78, 5) is 12.7. The Balaban J connectivity index is 2.28. The molecule has 1 fully saturated rings. The van der Waals surface area contributed by atoms with Gasteiger partial charge < -0.3 is 9.84 Å². The Morgan fingerprint density at radius 1 is 1.71 bits per heavy atom. The van der Waals surface area contributed by atoms with Crippen molar-refractivity contribution in [2.24, 2.45) is 5.92 Å². The molecule has 0 aromatic heterocycles. The van der Waals surface area contributed by atoms with E-state index in [-0.39, 0.29) is 5.57 Å². The minimum absolute atomic E-state index is 0.267. The standard InChI is InChI=1S/C10H17NO3/c1-8(10(12)13)5-11-4-3-9(6-11)7-14-2/h9H,1,3-7H2,2H3,(H,12,13). The first kappa shape index (κ1) is 11.2. The molecule has 14 heavy (non-hydrogen) atoms. The van der Waals surface area contributed by atoms with Crippen molar-refractivity contribution in [2.75, 3.05) is 33.4 Å². The third-order valence-electron chi connectivity index (χ3n) is 2.49. The monoisotopic (exact) mass is 199 g/mol. The highest BCUT2D eigenvalue weighted by Gasteiger charge is 2.23. The molecule has 1 saturated heterocycles. The molecular formula is C10H17NO3. The van der Waals surface area contributed by atoms with Crippen LogP contribution in [0.3, 0.4) is 0 Å². The zero-order valence-corrected chi connectivity index (χ0v) is 8.53. The Kier molecular flexibility index (Phi) is 4.10. The fourth-order valence-corrected chi connectivity index (χ4v) is 1.77. The molecule has 0 aliphatic carbocycles. The molecule has 0 spiro atoms. The summed E-state index contributed by atoms with van der Waals surface area (Å²) in [5, 5.41) is 8.66. The van der Waals surface area contributed by atoms with Gasteiger partial charge in [0.05, 0.1) is 6.61 Å². The molecule has 1 unspecified atom stereocenters. The zero-order valence-electron chi connectivity index (χ0n) is 8.53. The molecule has 1 N–H and O–H groups in total. The van der Waals surface area contributed by atoms with E-state index in [4.69, 9.17) is 9.84 Å². The largest absolute Gasteiger partial charge is 0.478 e. The number of carboxylic acid groups (broad SMARTS) is 1. The third-order valence-corrected chi connectivity index (χ3v) is 2.49. The van der Waals surface area contributed by atoms with Crippen LogP contribution in [0.2, 0.25) is 0 Å². The lowest BCUT2D eigenvalue weighted by Gasteiger charge is -2.15. The molecule has 80 valence electrons. The van der Waals surface area contributed by atoms with Crippen molar-refractivity contribution in [3.05, 3.63) is 12.2 Å². The predicted octanol–water partition coefficient (Wildman–Crippen LogP) is 0.595. The van der Waals surface area contributed by atoms with Gasteiger partial charge in [0.25, 0.3) is 0 Å². The first-order valence-electron chi connectivity index (χ1n) is 4.76. The van der Waals surface area contributed by atoms with E-state index in [0.29, 0.717) is 12.5 Å². The van der Waals surface area contributed by atoms with Gasteiger partial charge in [-0.25, -0.2) is 4.79 Å². The van der Waals surface area contributed by atoms with Gasteiger partial charge in [-0.2, -0.15) is 0 Å². The van der Waals surface area contributed by atoms with Crippen molar-refractivity contribution in [1.82, 2.24) is 4.90 Å². The highest BCUT2D eigenvalue weighted by molar-refractivity contribution is 5.86. The molecule has 1 atom stereocenters. The van der Waals surface area contributed by atoms with E-state index in [0.717, 1.165) is 26.1 Å². The number of aliphatic carboxylic acids is 1. The Labute approximate surface area is 84.2 Å². The number of likely N-dealkylation sites (tertiary alicyclic amines) is 1. The van der Waals surface area contributed by atoms with E-state index < -0.39 is 5.97 Å². The Morgan fingerprint density at radius 2 is 2.43 bits per heavy atom. The number of methoxy groups -OCH3 is 1. The lowest BCUT2D eigenvalue weighted by molar-refractivity contribution is -0.132. The lowest BCUT2D eigenvalue weighted by Crippen LogP contribution is -2.26. The van der Waals surface area contributed by atoms with Crippen molar-refractivity contribution >= 4 is 5.97 Å². The molecule has 0 bridgehead atoms. The number of carbonyl (C=O) groups is 1. The van der Waals surface area contributed by atoms with E-state index in [1.165, 1.54) is 0 Å². The first-order valence-corrected chi connectivity index (χ1v) is 4.76. The quantitative estimate of drug-likeness (QED) is 0.659. The predicted molar refractivity (Wildman–Crippen MR) is 53.2 cm³/mol. The summed E-state index contributed by atoms with van der Waals surface area (Å²) in [6, 6.07) is 0. The Bertz CT molecular complexity index is 227. The second-order valence-electron chi connectivity index (χ2n) is 3.75. The topological polar surface area (TPSA) is 49.8 Å². The normalized spacial score (nSPS) is 22.5. The number of rotatable bonds is 5. The molecular weight excluding hydrogens is 182 g/mol. The summed E-state index contributed by atoms with van der Waals surface area (Å²) in [6.07, 6.45) is 1.08. The fourth-order valence-electron chi connectivity index (χ4n) is 1.77. The highest BCUT2D eigenvalue weighted by atomic mass is 16.5. The summed E-state index contributed by atoms with van der Waals surface area (Å²) in [7, 11) is 1.69. The van der Waals surface area contributed by atoms with Crippen molar-refractivity contribution in [2.45, 2.75) is 6.42 Å². The van der Waals surface area contributed by atoms with Crippen LogP contribution in [0.25, 0.3) is 0 Å². The van der Waals surface area contributed by atoms with Gasteiger partial charge in [0, 0.05) is 25.8 Å². The van der Waals surface area contributed by atoms with Gasteiger partial charge in [0.15, 0.2) is 0 Å². The molecule has 0 aromatic rings. The highest BCUT2D eigenvalue weighted by Crippen LogP contribution is 2.16. The second-order valence-corrected chi connectivity index (χ2v) is 3.75. The summed E-state index contributed by atoms with van der Waals surface area (Å²) in [5.74, 6) is -0.359. The van der Waals surface area contributed by atoms with Crippen LogP contribution in [0.5, 0.6) is 0 Å². The summed E-state index contributed by atoms with van der Waals surface area (Å²) < 4.78 is 5.06. The molecule has 1 heterocycles. The van der Waals surface area contributed by atoms with Crippen LogP contribution in [0.1, 0.15) is 6.42 Å². The van der Waals surface area contributed by atoms with E-state index in [1.807, 2.05) is 0 Å². The van der Waals surface area contributed by atoms with Crippen molar-refractivity contribution < 1.29 is 14.6 Å². The van der Waals surface area contributed by atoms with Crippen LogP contribution >= 0.6 is 0 Å². The smallest absolute Gasteiger partial charge is 0.332 e. The summed E-state index contributed by atoms with van der Waals surface area (Å²) in [6.45, 7) is 6.61. The van der Waals surface area contributed by atoms with E-state index >= 15 is 0 Å². The molecule has 0 amide bonds. The maximum atomic E-state index is 10.5. The molecule has 4 nitrogen and oxygen atoms in total. The minimum Gasteiger partial charge on any atom is -0.478 e. The number of hydrogen-bond acceptors (Lipinski definition) is 3. The van der Waals surface area contributed by atoms with Crippen LogP contribution in [-0.2, 0) is 9.53 Å². The molecule has 0 aromatic carbocycles. The van der Waals surface area contributed by atoms with Gasteiger partial charge >= 0.3 is 5.97 Å². The van der Waals surface area contributed by atoms with Gasteiger partial charge in [-0.3, -0.25) is 4.90 Å². The fraction of sp³-hybridized carbons (Fsp3) is 0.700. The number of nitrogens with zero attached hydrogens (tertiary/aromatic N) is 1. The lowest BCUT2D eigenvalue weighted by atomic mass is 10.1. The average Bonchev–Trinajstić information content (AvgIpc) is 2.53. The average molecular weight is 199 g/mol. The Hall–Kier alpha value is -0.870. The summed E-state index contributed by atoms with van der Waals surface area (Å²) >= 11 is 0. The number of ether oxygens (including phenoxy) is 1. The van der Waals surface area contributed by atoms with Crippen LogP contribution in [-0.4, -0.2) is 49.3 Å². The maximum absolute atomic E-state index is 10.5. The van der Waals surface area contributed by atoms with Gasteiger partial charge in [0.1, 0.15) is 0 Å². The first-order chi connectivity index (χ1) is 6.63. The van der Waals surface area contributed by atoms with E-state index in [2.05, 4.69) is 11.5 Å². The molecule has 1 rings (SSSR count). The van der Waals surface area contributed by atoms with Gasteiger partial charge in [-0.1, -0.05) is 6.58 Å². The van der Waals surface area contributed by atoms with Crippen molar-refractivity contribution in [1.29, 1.82) is 0 Å². The van der Waals surface area contributed by atoms with Gasteiger partial charge in [-0.05, 0) is 18.9 Å². The summed E-state index contributed by atoms with van der Waals surface area (Å²) in [5.41, 5.74) is 0.267. The third kappa shape index (κ3) is 3.12. The van der Waals surface area contributed by atoms with E-state index in [9.17, 15) is 4.79 Å². The van der Waals surface area contributed by atoms with Crippen LogP contribution in [0, 0.1) is 5.92 Å². The van der Waals surface area contributed by atoms with E-state index in [1.54, 1.807) is 7.11 Å². The number of carboxylic acids is 1. The number of hydrogen-bond donors (Lipinski definition) is 1. The molecule has 4 heteroatoms. The maximum Gasteiger partial charge on any atom is 0.332 e. The minimum atomic E-state index is -0.903. The second kappa shape index (κ2) is 5.12. The zero-order chi connectivity index (χ0) is 10.6. The van der Waals surface area contributed by atoms with Crippen LogP contribution in [0.4, 0.5) is 0 Å².